The van der Waals surface area contributed by atoms with Gasteiger partial charge in [-0.25, -0.2) is 0 Å². The number of carbonyl (C=O) groups excluding carboxylic acids is 4. The monoisotopic (exact) mass is 1270 g/mol. The van der Waals surface area contributed by atoms with E-state index < -0.39 is 27.3 Å². The van der Waals surface area contributed by atoms with Crippen molar-refractivity contribution in [3.8, 4) is 0 Å². The van der Waals surface area contributed by atoms with Crippen LogP contribution < -0.4 is 0 Å². The summed E-state index contributed by atoms with van der Waals surface area (Å²) in [6.07, 6.45) is 42.3. The Balaban J connectivity index is 0.911. The summed E-state index contributed by atoms with van der Waals surface area (Å²) in [5.41, 5.74) is 6.25. The molecule has 0 spiro atoms. The van der Waals surface area contributed by atoms with E-state index in [9.17, 15) is 0 Å². The minimum atomic E-state index is -1.71. The molecule has 8 heteroatoms. The van der Waals surface area contributed by atoms with Crippen LogP contribution in [0.15, 0.2) is 93.2 Å². The smallest absolute Gasteiger partial charge is 0.312 e. The predicted molar refractivity (Wildman–Crippen MR) is 374 cm³/mol. The molecule has 512 valence electrons. The molecule has 0 amide bonds. The van der Waals surface area contributed by atoms with Crippen molar-refractivity contribution in [3.05, 3.63) is 93.2 Å². The van der Waals surface area contributed by atoms with Crippen LogP contribution in [0.1, 0.15) is 265 Å². The molecule has 0 bridgehead atoms. The van der Waals surface area contributed by atoms with Crippen molar-refractivity contribution in [2.24, 2.45) is 114 Å². The molecule has 0 N–H and O–H groups in total. The third-order valence-electron chi connectivity index (χ3n) is 29.9. The number of hydrogen-bond donors (Lipinski definition) is 0. The van der Waals surface area contributed by atoms with Gasteiger partial charge in [0.1, 0.15) is 26.4 Å². The minimum absolute atomic E-state index is 0.0261. The van der Waals surface area contributed by atoms with E-state index in [0.29, 0.717) is 60.7 Å². The summed E-state index contributed by atoms with van der Waals surface area (Å²) in [4.78, 5) is 64.0. The van der Waals surface area contributed by atoms with Gasteiger partial charge in [0, 0.05) is 5.41 Å². The van der Waals surface area contributed by atoms with Gasteiger partial charge in [-0.1, -0.05) is 187 Å². The van der Waals surface area contributed by atoms with Crippen LogP contribution >= 0.6 is 0 Å². The summed E-state index contributed by atoms with van der Waals surface area (Å²) in [5.74, 6) is 2.67. The Morgan fingerprint density at radius 2 is 0.925 bits per heavy atom. The molecule has 8 nitrogen and oxygen atoms in total. The summed E-state index contributed by atoms with van der Waals surface area (Å²) in [6, 6.07) is 0. The number of esters is 3. The Kier molecular flexibility index (Phi) is 18.8. The molecule has 0 aromatic heterocycles. The first-order valence-electron chi connectivity index (χ1n) is 38.2. The summed E-state index contributed by atoms with van der Waals surface area (Å²) in [7, 11) is 0. The first-order chi connectivity index (χ1) is 43.9. The number of allylic oxidation sites excluding steroid dienone is 16. The molecule has 93 heavy (non-hydrogen) atoms. The minimum Gasteiger partial charge on any atom is -0.462 e. The fourth-order valence-electron chi connectivity index (χ4n) is 24.2. The molecule has 12 aliphatic rings. The second kappa shape index (κ2) is 25.4. The molecule has 0 aromatic rings. The van der Waals surface area contributed by atoms with Crippen LogP contribution in [-0.4, -0.2) is 55.7 Å². The predicted octanol–water partition coefficient (Wildman–Crippen LogP) is 20.5. The van der Waals surface area contributed by atoms with Crippen LogP contribution in [0.4, 0.5) is 0 Å². The molecule has 0 saturated heterocycles. The van der Waals surface area contributed by atoms with Gasteiger partial charge in [0.05, 0.1) is 16.2 Å². The highest BCUT2D eigenvalue weighted by Crippen LogP contribution is 2.67. The lowest BCUT2D eigenvalue weighted by molar-refractivity contribution is -0.208. The van der Waals surface area contributed by atoms with Gasteiger partial charge in [-0.3, -0.25) is 19.2 Å². The zero-order valence-corrected chi connectivity index (χ0v) is 61.1. The fraction of sp³-hybridized carbons (Fsp3) is 0.765. The van der Waals surface area contributed by atoms with Gasteiger partial charge in [0.25, 0.3) is 0 Å². The molecule has 16 unspecified atom stereocenters. The van der Waals surface area contributed by atoms with Gasteiger partial charge in [0.2, 0.25) is 0 Å². The molecule has 12 aliphatic carbocycles. The number of hydrogen-bond acceptors (Lipinski definition) is 8. The first kappa shape index (κ1) is 68.9. The van der Waals surface area contributed by atoms with Crippen molar-refractivity contribution in [3.63, 3.8) is 0 Å². The number of carbonyl (C=O) groups is 4. The van der Waals surface area contributed by atoms with E-state index in [0.717, 1.165) is 135 Å². The highest BCUT2D eigenvalue weighted by molar-refractivity contribution is 5.86. The van der Waals surface area contributed by atoms with Gasteiger partial charge >= 0.3 is 17.9 Å². The van der Waals surface area contributed by atoms with Gasteiger partial charge in [0.15, 0.2) is 11.4 Å². The van der Waals surface area contributed by atoms with Crippen molar-refractivity contribution < 1.29 is 38.1 Å². The Morgan fingerprint density at radius 3 is 1.45 bits per heavy atom. The van der Waals surface area contributed by atoms with Crippen LogP contribution in [0.5, 0.6) is 0 Å². The van der Waals surface area contributed by atoms with Gasteiger partial charge in [-0.2, -0.15) is 0 Å². The van der Waals surface area contributed by atoms with Gasteiger partial charge < -0.3 is 18.9 Å². The average molecular weight is 1270 g/mol. The molecule has 4 fully saturated rings. The highest BCUT2D eigenvalue weighted by atomic mass is 16.6. The van der Waals surface area contributed by atoms with E-state index in [1.807, 2.05) is 0 Å². The summed E-state index contributed by atoms with van der Waals surface area (Å²) < 4.78 is 28.5. The quantitative estimate of drug-likeness (QED) is 0.105. The van der Waals surface area contributed by atoms with Crippen molar-refractivity contribution >= 4 is 23.7 Å². The maximum absolute atomic E-state index is 16.1. The van der Waals surface area contributed by atoms with Crippen LogP contribution in [0.3, 0.4) is 0 Å². The lowest BCUT2D eigenvalue weighted by Crippen LogP contribution is -2.58. The largest absolute Gasteiger partial charge is 0.462 e. The van der Waals surface area contributed by atoms with Crippen LogP contribution in [0.2, 0.25) is 0 Å². The molecule has 0 radical (unpaired) electrons. The Bertz CT molecular complexity index is 3070. The summed E-state index contributed by atoms with van der Waals surface area (Å²) >= 11 is 0. The topological polar surface area (TPSA) is 105 Å². The molecule has 4 saturated carbocycles. The Morgan fingerprint density at radius 1 is 0.462 bits per heavy atom. The van der Waals surface area contributed by atoms with E-state index in [1.165, 1.54) is 44.6 Å². The molecular formula is C85H124O8. The van der Waals surface area contributed by atoms with Crippen molar-refractivity contribution in [1.29, 1.82) is 0 Å². The third-order valence-corrected chi connectivity index (χ3v) is 29.9. The maximum atomic E-state index is 16.1. The van der Waals surface area contributed by atoms with E-state index in [1.54, 1.807) is 0 Å². The number of ether oxygens (including phenoxy) is 4. The molecule has 0 aliphatic heterocycles. The lowest BCUT2D eigenvalue weighted by Gasteiger charge is -2.58. The molecular weight excluding hydrogens is 1150 g/mol. The van der Waals surface area contributed by atoms with Crippen LogP contribution in [-0.2, 0) is 38.1 Å². The molecule has 12 rings (SSSR count). The van der Waals surface area contributed by atoms with Gasteiger partial charge in [-0.05, 0) is 264 Å². The standard InChI is InChI=1S/C85H124O8/c1-53(2)58-23-29-66-62(45-58)34-43-77(9)36-18-42-83(15,73(66)77)71(86)49-93-85(50-90-74(87)81(13)40-19-38-79(11)67-30-24-59(54(3)4)46-63(67)26-32-69(79)81,51-91-75(88)82(14)41-20-39-80(12)68-31-25-60(55(5)6)47-64(68)27-33-70(80)82)52-92-76(89)84(16)37-17-21-57-22-28-65-48-61(56(7)8)35-44-78(65,10)72(57)84/h26-28,34,45-48,53-57,66-70,72-73H,17-25,29-33,35-44,49-52H2,1-16H3. The zero-order chi connectivity index (χ0) is 66.6. The number of fused-ring (bicyclic) bond motifs is 12. The Hall–Kier alpha value is -4.04. The fourth-order valence-corrected chi connectivity index (χ4v) is 24.2. The normalized spacial score (nSPS) is 40.9. The first-order valence-corrected chi connectivity index (χ1v) is 38.2. The van der Waals surface area contributed by atoms with E-state index in [4.69, 9.17) is 18.9 Å². The number of Topliss-reactive ketones (excluding diaryl/α,β-unsaturated/α-hetero) is 1. The summed E-state index contributed by atoms with van der Waals surface area (Å²) in [6.45, 7) is 35.5. The van der Waals surface area contributed by atoms with E-state index >= 15 is 19.2 Å². The molecule has 0 heterocycles. The highest BCUT2D eigenvalue weighted by Gasteiger charge is 2.63. The third kappa shape index (κ3) is 11.8. The average Bonchev–Trinajstić information content (AvgIpc) is 0.747. The second-order valence-electron chi connectivity index (χ2n) is 36.7. The van der Waals surface area contributed by atoms with E-state index in [2.05, 4.69) is 159 Å². The van der Waals surface area contributed by atoms with E-state index in [-0.39, 0.29) is 101 Å². The summed E-state index contributed by atoms with van der Waals surface area (Å²) in [5, 5.41) is 0. The maximum Gasteiger partial charge on any atom is 0.312 e. The lowest BCUT2D eigenvalue weighted by atomic mass is 9.46. The van der Waals surface area contributed by atoms with Crippen LogP contribution in [0.25, 0.3) is 0 Å². The van der Waals surface area contributed by atoms with Crippen molar-refractivity contribution in [2.75, 3.05) is 26.4 Å². The molecule has 16 atom stereocenters. The number of rotatable bonds is 17. The zero-order valence-electron chi connectivity index (χ0n) is 61.1. The van der Waals surface area contributed by atoms with Crippen molar-refractivity contribution in [2.45, 2.75) is 270 Å². The van der Waals surface area contributed by atoms with Crippen LogP contribution in [0, 0.1) is 114 Å². The Labute approximate surface area is 563 Å². The SMILES string of the molecule is CC(C)C1=CC2=CCC3(C)CCCC(C)(C(=O)COC(COC(=O)C4(C)CCCC5CC=C6C=C(C(C)C)CCC6(C)C54)(COC(=O)C4(C)CCCC5(C)C6CCC(C(C)C)=CC6=CCC45)COC(=O)C4(C)CCCC5(C)C6CCC(C(C)C)=CC6=CCC45)C3C2CC1. The molecule has 0 aromatic carbocycles. The second-order valence-corrected chi connectivity index (χ2v) is 36.7. The number of ketones is 1. The van der Waals surface area contributed by atoms with Gasteiger partial charge in [-0.15, -0.1) is 0 Å². The van der Waals surface area contributed by atoms with Crippen molar-refractivity contribution in [1.82, 2.24) is 0 Å².